The minimum Gasteiger partial charge on any atom is -0.310 e. The van der Waals surface area contributed by atoms with E-state index in [-0.39, 0.29) is 24.1 Å². The molecule has 4 rings (SSSR count). The zero-order valence-electron chi connectivity index (χ0n) is 12.5. The number of imidazole rings is 1. The van der Waals surface area contributed by atoms with Gasteiger partial charge in [0.05, 0.1) is 11.4 Å². The zero-order valence-corrected chi connectivity index (χ0v) is 12.5. The van der Waals surface area contributed by atoms with Gasteiger partial charge in [0.15, 0.2) is 0 Å². The van der Waals surface area contributed by atoms with Gasteiger partial charge in [-0.15, -0.1) is 0 Å². The molecule has 120 valence electrons. The normalized spacial score (nSPS) is 16.6. The highest BCUT2D eigenvalue weighted by Gasteiger charge is 2.31. The molecule has 1 atom stereocenters. The molecule has 2 heterocycles. The van der Waals surface area contributed by atoms with E-state index in [1.807, 2.05) is 0 Å². The Labute approximate surface area is 136 Å². The van der Waals surface area contributed by atoms with Crippen LogP contribution in [0.3, 0.4) is 0 Å². The summed E-state index contributed by atoms with van der Waals surface area (Å²) in [6.07, 6.45) is 1.71. The first-order valence-electron chi connectivity index (χ1n) is 7.51. The first kappa shape index (κ1) is 14.6. The first-order chi connectivity index (χ1) is 11.6. The quantitative estimate of drug-likeness (QED) is 0.782. The molecular weight excluding hydrogens is 312 g/mol. The van der Waals surface area contributed by atoms with E-state index in [4.69, 9.17) is 0 Å². The molecular formula is C18H13F2N3O. The van der Waals surface area contributed by atoms with Crippen molar-refractivity contribution in [2.45, 2.75) is 12.3 Å². The van der Waals surface area contributed by atoms with E-state index < -0.39 is 5.82 Å². The Bertz CT molecular complexity index is 918. The third-order valence-corrected chi connectivity index (χ3v) is 4.16. The van der Waals surface area contributed by atoms with Crippen LogP contribution in [0.5, 0.6) is 0 Å². The third kappa shape index (κ3) is 2.36. The highest BCUT2D eigenvalue weighted by molar-refractivity contribution is 5.94. The Balaban J connectivity index is 1.83. The number of aromatic nitrogens is 2. The molecule has 0 fully saturated rings. The average Bonchev–Trinajstić information content (AvgIpc) is 2.99. The van der Waals surface area contributed by atoms with Crippen LogP contribution in [0.2, 0.25) is 0 Å². The van der Waals surface area contributed by atoms with Crippen LogP contribution in [0.1, 0.15) is 23.6 Å². The monoisotopic (exact) mass is 325 g/mol. The maximum absolute atomic E-state index is 14.1. The first-order valence-corrected chi connectivity index (χ1v) is 7.51. The molecule has 1 aliphatic rings. The predicted molar refractivity (Wildman–Crippen MR) is 85.0 cm³/mol. The molecule has 4 nitrogen and oxygen atoms in total. The third-order valence-electron chi connectivity index (χ3n) is 4.16. The van der Waals surface area contributed by atoms with E-state index in [0.717, 1.165) is 5.56 Å². The maximum atomic E-state index is 14.1. The molecule has 24 heavy (non-hydrogen) atoms. The van der Waals surface area contributed by atoms with Crippen molar-refractivity contribution in [1.29, 1.82) is 0 Å². The number of hydrogen-bond donors (Lipinski definition) is 1. The summed E-state index contributed by atoms with van der Waals surface area (Å²) in [6.45, 7) is 0. The number of nitrogens with one attached hydrogen (secondary N) is 1. The lowest BCUT2D eigenvalue weighted by atomic mass is 9.90. The van der Waals surface area contributed by atoms with E-state index in [9.17, 15) is 13.6 Å². The second-order valence-corrected chi connectivity index (χ2v) is 5.66. The highest BCUT2D eigenvalue weighted by atomic mass is 19.1. The van der Waals surface area contributed by atoms with Crippen LogP contribution in [0.4, 0.5) is 14.6 Å². The number of hydrogen-bond acceptors (Lipinski definition) is 2. The smallest absolute Gasteiger partial charge is 0.226 e. The minimum atomic E-state index is -0.407. The van der Waals surface area contributed by atoms with Gasteiger partial charge in [0.1, 0.15) is 23.8 Å². The Morgan fingerprint density at radius 3 is 2.58 bits per heavy atom. The summed E-state index contributed by atoms with van der Waals surface area (Å²) < 4.78 is 28.8. The van der Waals surface area contributed by atoms with Gasteiger partial charge in [-0.3, -0.25) is 9.36 Å². The van der Waals surface area contributed by atoms with Crippen molar-refractivity contribution >= 4 is 11.7 Å². The van der Waals surface area contributed by atoms with E-state index in [1.165, 1.54) is 29.1 Å². The van der Waals surface area contributed by atoms with Crippen LogP contribution in [-0.2, 0) is 4.79 Å². The number of halogens is 2. The van der Waals surface area contributed by atoms with E-state index >= 15 is 0 Å². The number of nitrogens with zero attached hydrogens (tertiary/aromatic N) is 2. The number of rotatable bonds is 2. The Morgan fingerprint density at radius 2 is 1.83 bits per heavy atom. The molecule has 1 aromatic heterocycles. The molecule has 3 aromatic rings. The molecule has 0 saturated carbocycles. The summed E-state index contributed by atoms with van der Waals surface area (Å²) in [5.74, 6) is -0.769. The average molecular weight is 325 g/mol. The van der Waals surface area contributed by atoms with E-state index in [0.29, 0.717) is 17.2 Å². The van der Waals surface area contributed by atoms with Crippen molar-refractivity contribution < 1.29 is 13.6 Å². The van der Waals surface area contributed by atoms with Gasteiger partial charge in [-0.25, -0.2) is 13.8 Å². The Hall–Kier alpha value is -3.02. The summed E-state index contributed by atoms with van der Waals surface area (Å²) in [4.78, 5) is 16.5. The lowest BCUT2D eigenvalue weighted by molar-refractivity contribution is -0.116. The molecule has 0 aliphatic carbocycles. The molecule has 1 N–H and O–H groups in total. The second-order valence-electron chi connectivity index (χ2n) is 5.66. The van der Waals surface area contributed by atoms with Gasteiger partial charge in [0.25, 0.3) is 0 Å². The summed E-state index contributed by atoms with van der Waals surface area (Å²) in [5, 5.41) is 2.77. The lowest BCUT2D eigenvalue weighted by Gasteiger charge is -2.23. The molecule has 6 heteroatoms. The van der Waals surface area contributed by atoms with E-state index in [1.54, 1.807) is 30.3 Å². The van der Waals surface area contributed by atoms with E-state index in [2.05, 4.69) is 10.3 Å². The largest absolute Gasteiger partial charge is 0.310 e. The molecule has 0 unspecified atom stereocenters. The molecule has 2 aromatic carbocycles. The van der Waals surface area contributed by atoms with Gasteiger partial charge < -0.3 is 5.32 Å². The molecule has 0 saturated heterocycles. The standard InChI is InChI=1S/C18H13F2N3O/c19-12-7-5-11(6-8-12)13-9-16(24)22-18-17(13)21-10-23(18)15-4-2-1-3-14(15)20/h1-8,10,13H,9H2,(H,22,24)/t13-/m0/s1. The van der Waals surface area contributed by atoms with Gasteiger partial charge in [-0.05, 0) is 29.8 Å². The van der Waals surface area contributed by atoms with Crippen molar-refractivity contribution in [1.82, 2.24) is 9.55 Å². The van der Waals surface area contributed by atoms with Gasteiger partial charge in [-0.2, -0.15) is 0 Å². The molecule has 0 spiro atoms. The number of anilines is 1. The van der Waals surface area contributed by atoms with Crippen molar-refractivity contribution in [2.75, 3.05) is 5.32 Å². The summed E-state index contributed by atoms with van der Waals surface area (Å²) in [6, 6.07) is 12.3. The van der Waals surface area contributed by atoms with Gasteiger partial charge in [0, 0.05) is 12.3 Å². The van der Waals surface area contributed by atoms with Crippen molar-refractivity contribution in [3.8, 4) is 5.69 Å². The van der Waals surface area contributed by atoms with Crippen LogP contribution in [-0.4, -0.2) is 15.5 Å². The molecule has 1 aliphatic heterocycles. The Morgan fingerprint density at radius 1 is 1.08 bits per heavy atom. The summed E-state index contributed by atoms with van der Waals surface area (Å²) >= 11 is 0. The zero-order chi connectivity index (χ0) is 16.7. The lowest BCUT2D eigenvalue weighted by Crippen LogP contribution is -2.25. The predicted octanol–water partition coefficient (Wildman–Crippen LogP) is 3.62. The number of fused-ring (bicyclic) bond motifs is 1. The van der Waals surface area contributed by atoms with Crippen LogP contribution in [0.25, 0.3) is 5.69 Å². The molecule has 1 amide bonds. The number of para-hydroxylation sites is 1. The number of benzene rings is 2. The fraction of sp³-hybridized carbons (Fsp3) is 0.111. The van der Waals surface area contributed by atoms with Crippen LogP contribution >= 0.6 is 0 Å². The second kappa shape index (κ2) is 5.56. The Kier molecular flexibility index (Phi) is 3.37. The van der Waals surface area contributed by atoms with Crippen molar-refractivity contribution in [3.63, 3.8) is 0 Å². The number of carbonyl (C=O) groups excluding carboxylic acids is 1. The topological polar surface area (TPSA) is 46.9 Å². The van der Waals surface area contributed by atoms with Crippen molar-refractivity contribution in [2.24, 2.45) is 0 Å². The van der Waals surface area contributed by atoms with Gasteiger partial charge in [0.2, 0.25) is 5.91 Å². The van der Waals surface area contributed by atoms with Crippen molar-refractivity contribution in [3.05, 3.63) is 77.8 Å². The number of carbonyl (C=O) groups is 1. The van der Waals surface area contributed by atoms with Gasteiger partial charge in [-0.1, -0.05) is 24.3 Å². The molecule has 0 bridgehead atoms. The minimum absolute atomic E-state index is 0.185. The van der Waals surface area contributed by atoms with Crippen LogP contribution in [0, 0.1) is 11.6 Å². The molecule has 0 radical (unpaired) electrons. The highest BCUT2D eigenvalue weighted by Crippen LogP contribution is 2.37. The fourth-order valence-corrected chi connectivity index (χ4v) is 3.01. The van der Waals surface area contributed by atoms with Crippen LogP contribution in [0.15, 0.2) is 54.9 Å². The summed E-state index contributed by atoms with van der Waals surface area (Å²) in [5.41, 5.74) is 1.75. The summed E-state index contributed by atoms with van der Waals surface area (Å²) in [7, 11) is 0. The SMILES string of the molecule is O=C1C[C@@H](c2ccc(F)cc2)c2ncn(-c3ccccc3F)c2N1. The fourth-order valence-electron chi connectivity index (χ4n) is 3.01. The number of amides is 1. The maximum Gasteiger partial charge on any atom is 0.226 e. The van der Waals surface area contributed by atoms with Gasteiger partial charge >= 0.3 is 0 Å². The van der Waals surface area contributed by atoms with Crippen LogP contribution < -0.4 is 5.32 Å².